The Hall–Kier alpha value is -3.55. The summed E-state index contributed by atoms with van der Waals surface area (Å²) in [5.74, 6) is -0.398. The van der Waals surface area contributed by atoms with Crippen LogP contribution >= 0.6 is 0 Å². The Morgan fingerprint density at radius 2 is 1.97 bits per heavy atom. The van der Waals surface area contributed by atoms with Gasteiger partial charge < -0.3 is 10.1 Å². The Labute approximate surface area is 172 Å². The van der Waals surface area contributed by atoms with Gasteiger partial charge in [0.2, 0.25) is 0 Å². The Morgan fingerprint density at radius 1 is 1.17 bits per heavy atom. The SMILES string of the molecule is CC(=O)c1ccc(F)c(-c2cc(C)cc3c2OC(CNC(=O)c2nonc2C)C3)c1. The molecular formula is C22H20FN3O4. The molecule has 1 amide bonds. The van der Waals surface area contributed by atoms with Gasteiger partial charge in [0.15, 0.2) is 11.5 Å². The summed E-state index contributed by atoms with van der Waals surface area (Å²) in [5, 5.41) is 9.95. The number of nitrogens with one attached hydrogen (secondary N) is 1. The van der Waals surface area contributed by atoms with Crippen LogP contribution in [-0.4, -0.2) is 34.7 Å². The third-order valence-electron chi connectivity index (χ3n) is 5.06. The number of carbonyl (C=O) groups excluding carboxylic acids is 2. The topological polar surface area (TPSA) is 94.3 Å². The van der Waals surface area contributed by atoms with Gasteiger partial charge in [0.25, 0.3) is 5.91 Å². The summed E-state index contributed by atoms with van der Waals surface area (Å²) in [7, 11) is 0. The van der Waals surface area contributed by atoms with E-state index in [1.54, 1.807) is 13.0 Å². The third kappa shape index (κ3) is 3.68. The van der Waals surface area contributed by atoms with Crippen LogP contribution in [0.1, 0.15) is 44.6 Å². The van der Waals surface area contributed by atoms with E-state index >= 15 is 0 Å². The number of nitrogens with zero attached hydrogens (tertiary/aromatic N) is 2. The summed E-state index contributed by atoms with van der Waals surface area (Å²) < 4.78 is 25.2. The molecule has 0 saturated heterocycles. The smallest absolute Gasteiger partial charge is 0.275 e. The predicted molar refractivity (Wildman–Crippen MR) is 106 cm³/mol. The maximum atomic E-state index is 14.6. The van der Waals surface area contributed by atoms with Gasteiger partial charge in [-0.1, -0.05) is 11.2 Å². The van der Waals surface area contributed by atoms with E-state index in [4.69, 9.17) is 4.74 Å². The van der Waals surface area contributed by atoms with E-state index in [0.29, 0.717) is 34.6 Å². The van der Waals surface area contributed by atoms with Gasteiger partial charge in [-0.3, -0.25) is 9.59 Å². The number of Topliss-reactive ketones (excluding diaryl/α,β-unsaturated/α-hetero) is 1. The molecule has 0 bridgehead atoms. The number of rotatable bonds is 5. The van der Waals surface area contributed by atoms with Gasteiger partial charge in [-0.25, -0.2) is 9.02 Å². The highest BCUT2D eigenvalue weighted by Crippen LogP contribution is 2.41. The predicted octanol–water partition coefficient (Wildman–Crippen LogP) is 3.43. The first-order valence-corrected chi connectivity index (χ1v) is 9.52. The molecular weight excluding hydrogens is 389 g/mol. The van der Waals surface area contributed by atoms with Gasteiger partial charge in [-0.05, 0) is 61.3 Å². The number of aryl methyl sites for hydroxylation is 2. The lowest BCUT2D eigenvalue weighted by Gasteiger charge is -2.14. The molecule has 0 saturated carbocycles. The van der Waals surface area contributed by atoms with Crippen molar-refractivity contribution in [3.63, 3.8) is 0 Å². The number of ether oxygens (including phenoxy) is 1. The summed E-state index contributed by atoms with van der Waals surface area (Å²) in [5.41, 5.74) is 3.75. The van der Waals surface area contributed by atoms with Crippen LogP contribution in [0.25, 0.3) is 11.1 Å². The van der Waals surface area contributed by atoms with E-state index in [9.17, 15) is 14.0 Å². The van der Waals surface area contributed by atoms with Crippen LogP contribution < -0.4 is 10.1 Å². The number of amides is 1. The average Bonchev–Trinajstić information content (AvgIpc) is 3.31. The number of ketones is 1. The molecule has 0 fully saturated rings. The molecule has 30 heavy (non-hydrogen) atoms. The summed E-state index contributed by atoms with van der Waals surface area (Å²) in [6, 6.07) is 8.13. The number of carbonyl (C=O) groups is 2. The van der Waals surface area contributed by atoms with E-state index in [0.717, 1.165) is 11.1 Å². The molecule has 2 aromatic carbocycles. The fraction of sp³-hybridized carbons (Fsp3) is 0.273. The maximum absolute atomic E-state index is 14.6. The fourth-order valence-corrected chi connectivity index (χ4v) is 3.58. The molecule has 2 heterocycles. The number of aromatic nitrogens is 2. The van der Waals surface area contributed by atoms with Crippen molar-refractivity contribution in [1.29, 1.82) is 0 Å². The molecule has 1 aliphatic heterocycles. The molecule has 1 aliphatic rings. The quantitative estimate of drug-likeness (QED) is 0.649. The highest BCUT2D eigenvalue weighted by molar-refractivity contribution is 5.95. The lowest BCUT2D eigenvalue weighted by atomic mass is 9.95. The van der Waals surface area contributed by atoms with Crippen LogP contribution in [0, 0.1) is 19.7 Å². The largest absolute Gasteiger partial charge is 0.487 e. The minimum atomic E-state index is -0.429. The van der Waals surface area contributed by atoms with Crippen molar-refractivity contribution in [3.05, 3.63) is 64.2 Å². The summed E-state index contributed by atoms with van der Waals surface area (Å²) >= 11 is 0. The van der Waals surface area contributed by atoms with Gasteiger partial charge in [-0.15, -0.1) is 0 Å². The molecule has 1 unspecified atom stereocenters. The lowest BCUT2D eigenvalue weighted by molar-refractivity contribution is 0.0923. The minimum absolute atomic E-state index is 0.130. The van der Waals surface area contributed by atoms with Crippen molar-refractivity contribution in [2.75, 3.05) is 6.54 Å². The van der Waals surface area contributed by atoms with E-state index in [2.05, 4.69) is 20.3 Å². The lowest BCUT2D eigenvalue weighted by Crippen LogP contribution is -2.34. The number of hydrogen-bond acceptors (Lipinski definition) is 6. The Morgan fingerprint density at radius 3 is 2.67 bits per heavy atom. The van der Waals surface area contributed by atoms with Crippen LogP contribution in [0.3, 0.4) is 0 Å². The molecule has 3 aromatic rings. The maximum Gasteiger partial charge on any atom is 0.275 e. The number of benzene rings is 2. The van der Waals surface area contributed by atoms with Crippen molar-refractivity contribution in [2.45, 2.75) is 33.3 Å². The first-order valence-electron chi connectivity index (χ1n) is 9.52. The standard InChI is InChI=1S/C22H20FN3O4/c1-11-6-15-8-16(10-24-22(28)20-12(2)25-30-26-20)29-21(15)18(7-11)17-9-14(13(3)27)4-5-19(17)23/h4-7,9,16H,8,10H2,1-3H3,(H,24,28). The molecule has 154 valence electrons. The summed E-state index contributed by atoms with van der Waals surface area (Å²) in [4.78, 5) is 24.0. The Balaban J connectivity index is 1.58. The van der Waals surface area contributed by atoms with Crippen LogP contribution in [0.15, 0.2) is 35.0 Å². The molecule has 0 aliphatic carbocycles. The second-order valence-electron chi connectivity index (χ2n) is 7.40. The van der Waals surface area contributed by atoms with Crippen LogP contribution in [0.5, 0.6) is 5.75 Å². The highest BCUT2D eigenvalue weighted by Gasteiger charge is 2.28. The molecule has 0 spiro atoms. The summed E-state index contributed by atoms with van der Waals surface area (Å²) in [6.45, 7) is 5.24. The number of hydrogen-bond donors (Lipinski definition) is 1. The normalized spacial score (nSPS) is 14.9. The van der Waals surface area contributed by atoms with Gasteiger partial charge in [0, 0.05) is 23.1 Å². The zero-order chi connectivity index (χ0) is 21.4. The second-order valence-corrected chi connectivity index (χ2v) is 7.40. The molecule has 1 N–H and O–H groups in total. The number of halogens is 1. The zero-order valence-electron chi connectivity index (χ0n) is 16.8. The van der Waals surface area contributed by atoms with Crippen molar-refractivity contribution < 1.29 is 23.3 Å². The van der Waals surface area contributed by atoms with Crippen LogP contribution in [0.2, 0.25) is 0 Å². The summed E-state index contributed by atoms with van der Waals surface area (Å²) in [6.07, 6.45) is 0.248. The molecule has 8 heteroatoms. The Bertz CT molecular complexity index is 1160. The van der Waals surface area contributed by atoms with Crippen molar-refractivity contribution >= 4 is 11.7 Å². The first kappa shape index (κ1) is 19.8. The van der Waals surface area contributed by atoms with Crippen molar-refractivity contribution in [3.8, 4) is 16.9 Å². The van der Waals surface area contributed by atoms with E-state index in [-0.39, 0.29) is 24.1 Å². The fourth-order valence-electron chi connectivity index (χ4n) is 3.58. The molecule has 1 aromatic heterocycles. The molecule has 1 atom stereocenters. The van der Waals surface area contributed by atoms with Gasteiger partial charge in [0.05, 0.1) is 6.54 Å². The van der Waals surface area contributed by atoms with Crippen molar-refractivity contribution in [1.82, 2.24) is 15.6 Å². The third-order valence-corrected chi connectivity index (χ3v) is 5.06. The van der Waals surface area contributed by atoms with E-state index < -0.39 is 11.7 Å². The first-order chi connectivity index (χ1) is 14.3. The van der Waals surface area contributed by atoms with Gasteiger partial charge in [-0.2, -0.15) is 0 Å². The van der Waals surface area contributed by atoms with E-state index in [1.807, 2.05) is 19.1 Å². The number of fused-ring (bicyclic) bond motifs is 1. The Kier molecular flexibility index (Phi) is 5.07. The molecule has 4 rings (SSSR count). The molecule has 0 radical (unpaired) electrons. The minimum Gasteiger partial charge on any atom is -0.487 e. The zero-order valence-corrected chi connectivity index (χ0v) is 16.8. The van der Waals surface area contributed by atoms with Crippen molar-refractivity contribution in [2.24, 2.45) is 0 Å². The second kappa shape index (κ2) is 7.70. The van der Waals surface area contributed by atoms with Crippen LogP contribution in [0.4, 0.5) is 4.39 Å². The molecule has 7 nitrogen and oxygen atoms in total. The monoisotopic (exact) mass is 409 g/mol. The van der Waals surface area contributed by atoms with Gasteiger partial charge in [0.1, 0.15) is 23.4 Å². The van der Waals surface area contributed by atoms with Crippen LogP contribution in [-0.2, 0) is 6.42 Å². The average molecular weight is 409 g/mol. The highest BCUT2D eigenvalue weighted by atomic mass is 19.1. The van der Waals surface area contributed by atoms with E-state index in [1.165, 1.54) is 19.1 Å². The van der Waals surface area contributed by atoms with Gasteiger partial charge >= 0.3 is 0 Å².